The number of benzene rings is 1. The highest BCUT2D eigenvalue weighted by Gasteiger charge is 2.31. The van der Waals surface area contributed by atoms with Gasteiger partial charge in [-0.15, -0.1) is 0 Å². The van der Waals surface area contributed by atoms with Gasteiger partial charge in [0.15, 0.2) is 0 Å². The first-order chi connectivity index (χ1) is 17.0. The standard InChI is InChI=1S/C27H28N6O2/c1-4-23(34)30-20-7-5-6-19(15-20)24-25-22(10-13-29-27(25)35)33(16-21-14-17(2)31-32(21)3)26(24)18-8-11-28-12-9-18/h5-9,11-12,14-15H,4,10,13,16H2,1-3H3,(H,29,35)(H,30,34). The monoisotopic (exact) mass is 468 g/mol. The molecule has 1 aliphatic rings. The van der Waals surface area contributed by atoms with Crippen LogP contribution in [0.15, 0.2) is 54.9 Å². The second-order valence-electron chi connectivity index (χ2n) is 8.76. The highest BCUT2D eigenvalue weighted by molar-refractivity contribution is 6.07. The normalized spacial score (nSPS) is 12.8. The number of carbonyl (C=O) groups excluding carboxylic acids is 2. The summed E-state index contributed by atoms with van der Waals surface area (Å²) in [7, 11) is 1.94. The second kappa shape index (κ2) is 9.21. The Hall–Kier alpha value is -4.20. The van der Waals surface area contributed by atoms with Crippen LogP contribution in [0.5, 0.6) is 0 Å². The Morgan fingerprint density at radius 2 is 1.91 bits per heavy atom. The van der Waals surface area contributed by atoms with Crippen LogP contribution in [-0.4, -0.2) is 37.7 Å². The van der Waals surface area contributed by atoms with Crippen molar-refractivity contribution < 1.29 is 9.59 Å². The zero-order valence-electron chi connectivity index (χ0n) is 20.1. The summed E-state index contributed by atoms with van der Waals surface area (Å²) in [5, 5.41) is 10.5. The van der Waals surface area contributed by atoms with Crippen molar-refractivity contribution in [1.29, 1.82) is 0 Å². The number of nitrogens with zero attached hydrogens (tertiary/aromatic N) is 4. The van der Waals surface area contributed by atoms with Crippen LogP contribution in [0, 0.1) is 6.92 Å². The van der Waals surface area contributed by atoms with E-state index in [9.17, 15) is 9.59 Å². The first-order valence-corrected chi connectivity index (χ1v) is 11.8. The van der Waals surface area contributed by atoms with Gasteiger partial charge in [0.05, 0.1) is 29.2 Å². The van der Waals surface area contributed by atoms with E-state index in [2.05, 4.69) is 31.3 Å². The maximum atomic E-state index is 13.3. The Morgan fingerprint density at radius 3 is 2.63 bits per heavy atom. The van der Waals surface area contributed by atoms with Gasteiger partial charge in [0, 0.05) is 61.3 Å². The first-order valence-electron chi connectivity index (χ1n) is 11.8. The molecule has 0 saturated heterocycles. The van der Waals surface area contributed by atoms with Crippen LogP contribution in [-0.2, 0) is 24.8 Å². The van der Waals surface area contributed by atoms with Crippen LogP contribution >= 0.6 is 0 Å². The number of aromatic nitrogens is 4. The molecule has 4 heterocycles. The number of nitrogens with one attached hydrogen (secondary N) is 2. The topological polar surface area (TPSA) is 93.8 Å². The molecule has 0 unspecified atom stereocenters. The Labute approximate surface area is 204 Å². The van der Waals surface area contributed by atoms with Gasteiger partial charge >= 0.3 is 0 Å². The van der Waals surface area contributed by atoms with Crippen molar-refractivity contribution in [2.45, 2.75) is 33.2 Å². The molecule has 0 spiro atoms. The second-order valence-corrected chi connectivity index (χ2v) is 8.76. The van der Waals surface area contributed by atoms with E-state index < -0.39 is 0 Å². The molecule has 0 atom stereocenters. The predicted octanol–water partition coefficient (Wildman–Crippen LogP) is 3.94. The first kappa shape index (κ1) is 22.6. The van der Waals surface area contributed by atoms with E-state index in [1.807, 2.05) is 62.0 Å². The van der Waals surface area contributed by atoms with Crippen molar-refractivity contribution in [3.05, 3.63) is 77.5 Å². The van der Waals surface area contributed by atoms with Crippen molar-refractivity contribution in [2.24, 2.45) is 7.05 Å². The Balaban J connectivity index is 1.77. The van der Waals surface area contributed by atoms with E-state index in [1.54, 1.807) is 12.4 Å². The number of hydrogen-bond acceptors (Lipinski definition) is 4. The third kappa shape index (κ3) is 4.23. The van der Waals surface area contributed by atoms with Crippen LogP contribution in [0.1, 0.15) is 40.8 Å². The van der Waals surface area contributed by atoms with Gasteiger partial charge in [-0.3, -0.25) is 19.3 Å². The number of amides is 2. The lowest BCUT2D eigenvalue weighted by molar-refractivity contribution is -0.115. The number of rotatable bonds is 6. The van der Waals surface area contributed by atoms with Crippen molar-refractivity contribution in [1.82, 2.24) is 24.6 Å². The molecule has 178 valence electrons. The SMILES string of the molecule is CCC(=O)Nc1cccc(-c2c3c(n(Cc4cc(C)nn4C)c2-c2ccncc2)CCNC3=O)c1. The number of pyridine rings is 1. The van der Waals surface area contributed by atoms with Gasteiger partial charge in [-0.25, -0.2) is 0 Å². The molecule has 0 saturated carbocycles. The lowest BCUT2D eigenvalue weighted by Gasteiger charge is -2.17. The Morgan fingerprint density at radius 1 is 1.11 bits per heavy atom. The molecule has 0 aliphatic carbocycles. The third-order valence-electron chi connectivity index (χ3n) is 6.37. The maximum Gasteiger partial charge on any atom is 0.253 e. The summed E-state index contributed by atoms with van der Waals surface area (Å²) in [4.78, 5) is 29.5. The smallest absolute Gasteiger partial charge is 0.253 e. The molecular weight excluding hydrogens is 440 g/mol. The van der Waals surface area contributed by atoms with Crippen molar-refractivity contribution in [3.8, 4) is 22.4 Å². The predicted molar refractivity (Wildman–Crippen MR) is 135 cm³/mol. The summed E-state index contributed by atoms with van der Waals surface area (Å²) >= 11 is 0. The molecule has 0 radical (unpaired) electrons. The minimum atomic E-state index is -0.0838. The van der Waals surface area contributed by atoms with Gasteiger partial charge in [-0.05, 0) is 42.8 Å². The third-order valence-corrected chi connectivity index (χ3v) is 6.37. The molecule has 8 heteroatoms. The van der Waals surface area contributed by atoms with Crippen molar-refractivity contribution in [3.63, 3.8) is 0 Å². The maximum absolute atomic E-state index is 13.3. The minimum absolute atomic E-state index is 0.0552. The molecule has 1 aliphatic heterocycles. The fourth-order valence-corrected chi connectivity index (χ4v) is 4.80. The molecule has 1 aromatic carbocycles. The Kier molecular flexibility index (Phi) is 5.94. The van der Waals surface area contributed by atoms with Gasteiger partial charge in [-0.1, -0.05) is 19.1 Å². The fraction of sp³-hybridized carbons (Fsp3) is 0.259. The van der Waals surface area contributed by atoms with E-state index >= 15 is 0 Å². The van der Waals surface area contributed by atoms with E-state index in [0.29, 0.717) is 30.8 Å². The molecular formula is C27H28N6O2. The summed E-state index contributed by atoms with van der Waals surface area (Å²) in [6, 6.07) is 13.7. The summed E-state index contributed by atoms with van der Waals surface area (Å²) in [6.45, 7) is 4.97. The van der Waals surface area contributed by atoms with Gasteiger partial charge in [-0.2, -0.15) is 5.10 Å². The molecule has 2 N–H and O–H groups in total. The molecule has 4 aromatic rings. The van der Waals surface area contributed by atoms with Gasteiger partial charge < -0.3 is 15.2 Å². The number of anilines is 1. The number of aryl methyl sites for hydroxylation is 2. The van der Waals surface area contributed by atoms with Crippen molar-refractivity contribution >= 4 is 17.5 Å². The van der Waals surface area contributed by atoms with Crippen LogP contribution in [0.2, 0.25) is 0 Å². The zero-order valence-corrected chi connectivity index (χ0v) is 20.1. The summed E-state index contributed by atoms with van der Waals surface area (Å²) in [5.41, 5.74) is 8.04. The lowest BCUT2D eigenvalue weighted by Crippen LogP contribution is -2.32. The van der Waals surface area contributed by atoms with E-state index in [4.69, 9.17) is 0 Å². The van der Waals surface area contributed by atoms with Crippen LogP contribution in [0.25, 0.3) is 22.4 Å². The average molecular weight is 469 g/mol. The molecule has 0 fully saturated rings. The number of fused-ring (bicyclic) bond motifs is 1. The highest BCUT2D eigenvalue weighted by Crippen LogP contribution is 2.41. The summed E-state index contributed by atoms with van der Waals surface area (Å²) < 4.78 is 4.13. The van der Waals surface area contributed by atoms with Crippen LogP contribution < -0.4 is 10.6 Å². The highest BCUT2D eigenvalue weighted by atomic mass is 16.2. The van der Waals surface area contributed by atoms with Crippen LogP contribution in [0.3, 0.4) is 0 Å². The average Bonchev–Trinajstić information content (AvgIpc) is 3.36. The number of carbonyl (C=O) groups is 2. The molecule has 5 rings (SSSR count). The van der Waals surface area contributed by atoms with Gasteiger partial charge in [0.25, 0.3) is 5.91 Å². The van der Waals surface area contributed by atoms with E-state index in [0.717, 1.165) is 45.9 Å². The van der Waals surface area contributed by atoms with E-state index in [1.165, 1.54) is 0 Å². The minimum Gasteiger partial charge on any atom is -0.352 e. The van der Waals surface area contributed by atoms with Crippen LogP contribution in [0.4, 0.5) is 5.69 Å². The van der Waals surface area contributed by atoms with Crippen molar-refractivity contribution in [2.75, 3.05) is 11.9 Å². The fourth-order valence-electron chi connectivity index (χ4n) is 4.80. The Bertz CT molecular complexity index is 1420. The van der Waals surface area contributed by atoms with E-state index in [-0.39, 0.29) is 11.8 Å². The molecule has 35 heavy (non-hydrogen) atoms. The lowest BCUT2D eigenvalue weighted by atomic mass is 9.95. The summed E-state index contributed by atoms with van der Waals surface area (Å²) in [6.07, 6.45) is 4.65. The van der Waals surface area contributed by atoms with Gasteiger partial charge in [0.2, 0.25) is 5.91 Å². The summed E-state index contributed by atoms with van der Waals surface area (Å²) in [5.74, 6) is -0.139. The quantitative estimate of drug-likeness (QED) is 0.448. The molecule has 2 amide bonds. The molecule has 3 aromatic heterocycles. The molecule has 0 bridgehead atoms. The zero-order chi connectivity index (χ0) is 24.5. The van der Waals surface area contributed by atoms with Gasteiger partial charge in [0.1, 0.15) is 0 Å². The largest absolute Gasteiger partial charge is 0.352 e. The molecule has 8 nitrogen and oxygen atoms in total. The number of hydrogen-bond donors (Lipinski definition) is 2.